The van der Waals surface area contributed by atoms with Crippen molar-refractivity contribution in [3.05, 3.63) is 84.2 Å². The van der Waals surface area contributed by atoms with Crippen LogP contribution in [0.15, 0.2) is 82.6 Å². The molecule has 1 N–H and O–H groups in total. The minimum Gasteiger partial charge on any atom is -0.492 e. The first kappa shape index (κ1) is 33.9. The molecule has 8 nitrogen and oxygen atoms in total. The average molecular weight is 630 g/mol. The molecule has 2 unspecified atom stereocenters. The molecule has 0 bridgehead atoms. The smallest absolute Gasteiger partial charge is 0.264 e. The van der Waals surface area contributed by atoms with Gasteiger partial charge in [-0.3, -0.25) is 13.9 Å². The molecular formula is C32H40FN3O5S2. The molecule has 2 amide bonds. The summed E-state index contributed by atoms with van der Waals surface area (Å²) in [5, 5.41) is 2.94. The van der Waals surface area contributed by atoms with Gasteiger partial charge in [0.15, 0.2) is 0 Å². The highest BCUT2D eigenvalue weighted by molar-refractivity contribution is 7.98. The third-order valence-corrected chi connectivity index (χ3v) is 9.53. The van der Waals surface area contributed by atoms with Crippen LogP contribution in [0.3, 0.4) is 0 Å². The van der Waals surface area contributed by atoms with Gasteiger partial charge >= 0.3 is 0 Å². The summed E-state index contributed by atoms with van der Waals surface area (Å²) in [5.41, 5.74) is 0.798. The van der Waals surface area contributed by atoms with E-state index in [0.29, 0.717) is 17.7 Å². The van der Waals surface area contributed by atoms with Gasteiger partial charge in [-0.05, 0) is 87.0 Å². The minimum atomic E-state index is -4.26. The zero-order valence-electron chi connectivity index (χ0n) is 25.2. The van der Waals surface area contributed by atoms with Crippen molar-refractivity contribution in [2.45, 2.75) is 69.0 Å². The molecule has 0 saturated heterocycles. The number of amides is 2. The van der Waals surface area contributed by atoms with E-state index in [1.54, 1.807) is 62.4 Å². The summed E-state index contributed by atoms with van der Waals surface area (Å²) < 4.78 is 48.8. The molecule has 3 aromatic rings. The molecule has 0 aromatic heterocycles. The van der Waals surface area contributed by atoms with Crippen molar-refractivity contribution < 1.29 is 27.1 Å². The van der Waals surface area contributed by atoms with E-state index in [-0.39, 0.29) is 42.1 Å². The number of hydrogen-bond acceptors (Lipinski definition) is 6. The number of benzene rings is 3. The van der Waals surface area contributed by atoms with Crippen LogP contribution < -0.4 is 14.4 Å². The van der Waals surface area contributed by atoms with E-state index in [2.05, 4.69) is 5.32 Å². The molecule has 3 rings (SSSR count). The number of halogens is 1. The third-order valence-electron chi connectivity index (χ3n) is 7.01. The van der Waals surface area contributed by atoms with Crippen LogP contribution in [0.2, 0.25) is 0 Å². The lowest BCUT2D eigenvalue weighted by atomic mass is 10.1. The van der Waals surface area contributed by atoms with Gasteiger partial charge in [-0.1, -0.05) is 38.1 Å². The molecule has 0 spiro atoms. The highest BCUT2D eigenvalue weighted by atomic mass is 32.2. The molecule has 0 aliphatic heterocycles. The number of hydrogen-bond donors (Lipinski definition) is 1. The Hall–Kier alpha value is -3.57. The first-order chi connectivity index (χ1) is 20.5. The standard InChI is InChI=1S/C32H40FN3O5S2/c1-6-23(4)34-32(38)28(7-2)35(21-24-13-15-25(33)16-14-24)31(37)22-36(29-11-9-10-12-30(29)41-8-3)43(39,40)27-19-17-26(42-5)18-20-27/h9-20,23,28H,6-8,21-22H2,1-5H3,(H,34,38). The maximum absolute atomic E-state index is 14.2. The predicted molar refractivity (Wildman–Crippen MR) is 169 cm³/mol. The Morgan fingerprint density at radius 1 is 0.953 bits per heavy atom. The SMILES string of the molecule is CCOc1ccccc1N(CC(=O)N(Cc1ccc(F)cc1)C(CC)C(=O)NC(C)CC)S(=O)(=O)c1ccc(SC)cc1. The van der Waals surface area contributed by atoms with E-state index in [1.807, 2.05) is 20.1 Å². The molecule has 0 aliphatic rings. The monoisotopic (exact) mass is 629 g/mol. The normalized spacial score (nSPS) is 12.7. The van der Waals surface area contributed by atoms with E-state index in [9.17, 15) is 22.4 Å². The molecule has 0 aliphatic carbocycles. The Bertz CT molecular complexity index is 1470. The van der Waals surface area contributed by atoms with Crippen molar-refractivity contribution in [2.24, 2.45) is 0 Å². The lowest BCUT2D eigenvalue weighted by Crippen LogP contribution is -2.53. The minimum absolute atomic E-state index is 0.0102. The largest absolute Gasteiger partial charge is 0.492 e. The van der Waals surface area contributed by atoms with Crippen molar-refractivity contribution in [1.82, 2.24) is 10.2 Å². The van der Waals surface area contributed by atoms with Crippen molar-refractivity contribution in [1.29, 1.82) is 0 Å². The fraction of sp³-hybridized carbons (Fsp3) is 0.375. The number of nitrogens with zero attached hydrogens (tertiary/aromatic N) is 2. The van der Waals surface area contributed by atoms with Gasteiger partial charge in [0, 0.05) is 17.5 Å². The van der Waals surface area contributed by atoms with Crippen LogP contribution in [0.5, 0.6) is 5.75 Å². The van der Waals surface area contributed by atoms with Crippen LogP contribution >= 0.6 is 11.8 Å². The van der Waals surface area contributed by atoms with Gasteiger partial charge in [0.1, 0.15) is 24.2 Å². The summed E-state index contributed by atoms with van der Waals surface area (Å²) in [6, 6.07) is 17.7. The second kappa shape index (κ2) is 15.8. The number of para-hydroxylation sites is 2. The van der Waals surface area contributed by atoms with Crippen LogP contribution in [0, 0.1) is 5.82 Å². The Kier molecular flexibility index (Phi) is 12.4. The predicted octanol–water partition coefficient (Wildman–Crippen LogP) is 5.86. The summed E-state index contributed by atoms with van der Waals surface area (Å²) in [6.45, 7) is 7.06. The van der Waals surface area contributed by atoms with Crippen LogP contribution in [0.1, 0.15) is 46.1 Å². The van der Waals surface area contributed by atoms with E-state index >= 15 is 0 Å². The molecule has 232 valence electrons. The molecule has 3 aromatic carbocycles. The van der Waals surface area contributed by atoms with E-state index in [4.69, 9.17) is 4.74 Å². The highest BCUT2D eigenvalue weighted by Gasteiger charge is 2.35. The quantitative estimate of drug-likeness (QED) is 0.212. The fourth-order valence-corrected chi connectivity index (χ4v) is 6.31. The maximum Gasteiger partial charge on any atom is 0.264 e. The number of nitrogens with one attached hydrogen (secondary N) is 1. The zero-order chi connectivity index (χ0) is 31.6. The fourth-order valence-electron chi connectivity index (χ4n) is 4.48. The molecule has 11 heteroatoms. The zero-order valence-corrected chi connectivity index (χ0v) is 26.9. The average Bonchev–Trinajstić information content (AvgIpc) is 3.01. The molecule has 0 radical (unpaired) electrons. The molecule has 0 saturated carbocycles. The lowest BCUT2D eigenvalue weighted by Gasteiger charge is -2.34. The van der Waals surface area contributed by atoms with Crippen molar-refractivity contribution in [2.75, 3.05) is 23.7 Å². The van der Waals surface area contributed by atoms with Gasteiger partial charge in [-0.15, -0.1) is 11.8 Å². The van der Waals surface area contributed by atoms with Crippen LogP contribution in [-0.4, -0.2) is 56.6 Å². The van der Waals surface area contributed by atoms with Gasteiger partial charge in [-0.2, -0.15) is 0 Å². The first-order valence-electron chi connectivity index (χ1n) is 14.3. The molecule has 43 heavy (non-hydrogen) atoms. The molecular weight excluding hydrogens is 590 g/mol. The number of anilines is 1. The lowest BCUT2D eigenvalue weighted by molar-refractivity contribution is -0.140. The van der Waals surface area contributed by atoms with Gasteiger partial charge < -0.3 is 15.0 Å². The number of sulfonamides is 1. The Labute approximate surface area is 258 Å². The molecule has 0 fully saturated rings. The van der Waals surface area contributed by atoms with E-state index in [0.717, 1.165) is 9.20 Å². The van der Waals surface area contributed by atoms with Crippen LogP contribution in [-0.2, 0) is 26.2 Å². The topological polar surface area (TPSA) is 96.0 Å². The van der Waals surface area contributed by atoms with Gasteiger partial charge in [0.25, 0.3) is 10.0 Å². The Balaban J connectivity index is 2.11. The number of rotatable bonds is 15. The molecule has 0 heterocycles. The number of ether oxygens (including phenoxy) is 1. The number of carbonyl (C=O) groups is 2. The second-order valence-electron chi connectivity index (χ2n) is 9.98. The third kappa shape index (κ3) is 8.73. The van der Waals surface area contributed by atoms with Crippen LogP contribution in [0.25, 0.3) is 0 Å². The first-order valence-corrected chi connectivity index (χ1v) is 16.9. The van der Waals surface area contributed by atoms with E-state index < -0.39 is 34.3 Å². The Morgan fingerprint density at radius 2 is 1.60 bits per heavy atom. The van der Waals surface area contributed by atoms with Crippen molar-refractivity contribution in [3.8, 4) is 5.75 Å². The molecule has 2 atom stereocenters. The van der Waals surface area contributed by atoms with Gasteiger partial charge in [0.05, 0.1) is 17.2 Å². The van der Waals surface area contributed by atoms with Crippen molar-refractivity contribution >= 4 is 39.3 Å². The summed E-state index contributed by atoms with van der Waals surface area (Å²) in [6.07, 6.45) is 2.88. The highest BCUT2D eigenvalue weighted by Crippen LogP contribution is 2.33. The van der Waals surface area contributed by atoms with Gasteiger partial charge in [0.2, 0.25) is 11.8 Å². The number of thioether (sulfide) groups is 1. The van der Waals surface area contributed by atoms with Crippen molar-refractivity contribution in [3.63, 3.8) is 0 Å². The summed E-state index contributed by atoms with van der Waals surface area (Å²) in [7, 11) is -4.26. The summed E-state index contributed by atoms with van der Waals surface area (Å²) in [4.78, 5) is 29.9. The van der Waals surface area contributed by atoms with E-state index in [1.165, 1.54) is 40.9 Å². The number of carbonyl (C=O) groups excluding carboxylic acids is 2. The van der Waals surface area contributed by atoms with Gasteiger partial charge in [-0.25, -0.2) is 12.8 Å². The van der Waals surface area contributed by atoms with Crippen LogP contribution in [0.4, 0.5) is 10.1 Å². The maximum atomic E-state index is 14.2. The summed E-state index contributed by atoms with van der Waals surface area (Å²) >= 11 is 1.48. The second-order valence-corrected chi connectivity index (χ2v) is 12.7. The Morgan fingerprint density at radius 3 is 2.19 bits per heavy atom. The summed E-state index contributed by atoms with van der Waals surface area (Å²) in [5.74, 6) is -1.07.